The van der Waals surface area contributed by atoms with Crippen LogP contribution >= 0.6 is 11.6 Å². The summed E-state index contributed by atoms with van der Waals surface area (Å²) in [6, 6.07) is 10.8. The van der Waals surface area contributed by atoms with Crippen molar-refractivity contribution in [3.63, 3.8) is 0 Å². The Labute approximate surface area is 133 Å². The zero-order valence-corrected chi connectivity index (χ0v) is 12.8. The molecule has 2 heterocycles. The van der Waals surface area contributed by atoms with E-state index < -0.39 is 0 Å². The van der Waals surface area contributed by atoms with E-state index in [4.69, 9.17) is 16.3 Å². The third-order valence-corrected chi connectivity index (χ3v) is 3.56. The topological polar surface area (TPSA) is 58.8 Å². The zero-order chi connectivity index (χ0) is 15.5. The highest BCUT2D eigenvalue weighted by Crippen LogP contribution is 2.34. The third-order valence-electron chi connectivity index (χ3n) is 3.34. The maximum atomic E-state index is 10.1. The van der Waals surface area contributed by atoms with Gasteiger partial charge in [0.25, 0.3) is 0 Å². The monoisotopic (exact) mass is 317 g/mol. The molecular formula is C16H16ClN3O2. The first-order chi connectivity index (χ1) is 10.7. The molecule has 0 radical (unpaired) electrons. The molecule has 5 nitrogen and oxygen atoms in total. The van der Waals surface area contributed by atoms with Crippen molar-refractivity contribution in [1.82, 2.24) is 9.38 Å². The van der Waals surface area contributed by atoms with E-state index in [2.05, 4.69) is 10.3 Å². The second kappa shape index (κ2) is 6.25. The van der Waals surface area contributed by atoms with Crippen molar-refractivity contribution in [2.24, 2.45) is 0 Å². The molecule has 0 saturated carbocycles. The Balaban J connectivity index is 2.15. The highest BCUT2D eigenvalue weighted by atomic mass is 35.5. The van der Waals surface area contributed by atoms with Crippen molar-refractivity contribution in [3.8, 4) is 17.0 Å². The quantitative estimate of drug-likeness (QED) is 0.708. The summed E-state index contributed by atoms with van der Waals surface area (Å²) in [5.41, 5.74) is 2.10. The van der Waals surface area contributed by atoms with Crippen molar-refractivity contribution >= 4 is 23.1 Å². The number of imidazole rings is 1. The number of phenols is 1. The lowest BCUT2D eigenvalue weighted by atomic mass is 10.1. The molecule has 0 fully saturated rings. The number of nitrogens with one attached hydrogen (secondary N) is 1. The van der Waals surface area contributed by atoms with Gasteiger partial charge in [0.15, 0.2) is 0 Å². The first kappa shape index (κ1) is 14.7. The predicted octanol–water partition coefficient (Wildman–Crippen LogP) is 3.42. The number of fused-ring (bicyclic) bond motifs is 1. The van der Waals surface area contributed by atoms with Crippen molar-refractivity contribution in [1.29, 1.82) is 0 Å². The number of aromatic hydroxyl groups is 1. The second-order valence-electron chi connectivity index (χ2n) is 4.82. The van der Waals surface area contributed by atoms with E-state index in [-0.39, 0.29) is 5.75 Å². The van der Waals surface area contributed by atoms with Gasteiger partial charge in [0.05, 0.1) is 11.6 Å². The summed E-state index contributed by atoms with van der Waals surface area (Å²) in [5, 5.41) is 14.0. The maximum absolute atomic E-state index is 10.1. The Kier molecular flexibility index (Phi) is 4.18. The molecule has 6 heteroatoms. The summed E-state index contributed by atoms with van der Waals surface area (Å²) in [6.45, 7) is 1.19. The van der Waals surface area contributed by atoms with Gasteiger partial charge in [-0.15, -0.1) is 0 Å². The fraction of sp³-hybridized carbons (Fsp3) is 0.188. The Morgan fingerprint density at radius 3 is 2.86 bits per heavy atom. The molecule has 2 aromatic heterocycles. The number of pyridine rings is 1. The zero-order valence-electron chi connectivity index (χ0n) is 12.1. The summed E-state index contributed by atoms with van der Waals surface area (Å²) < 4.78 is 6.95. The van der Waals surface area contributed by atoms with Gasteiger partial charge in [-0.1, -0.05) is 23.7 Å². The van der Waals surface area contributed by atoms with Crippen LogP contribution in [0.3, 0.4) is 0 Å². The molecule has 0 aliphatic rings. The van der Waals surface area contributed by atoms with E-state index in [9.17, 15) is 5.11 Å². The van der Waals surface area contributed by atoms with Crippen LogP contribution in [0.1, 0.15) is 0 Å². The minimum atomic E-state index is 0.187. The normalized spacial score (nSPS) is 11.0. The number of halogens is 1. The molecule has 114 valence electrons. The minimum absolute atomic E-state index is 0.187. The minimum Gasteiger partial charge on any atom is -0.507 e. The number of aromatic nitrogens is 2. The Hall–Kier alpha value is -2.24. The number of phenolic OH excluding ortho intramolecular Hbond substituents is 1. The molecule has 0 bridgehead atoms. The van der Waals surface area contributed by atoms with Gasteiger partial charge in [0.1, 0.15) is 22.9 Å². The Bertz CT molecular complexity index is 801. The van der Waals surface area contributed by atoms with E-state index in [1.807, 2.05) is 22.6 Å². The number of para-hydroxylation sites is 1. The maximum Gasteiger partial charge on any atom is 0.139 e. The lowest BCUT2D eigenvalue weighted by molar-refractivity contribution is 0.210. The number of hydrogen-bond donors (Lipinski definition) is 2. The van der Waals surface area contributed by atoms with Gasteiger partial charge in [-0.05, 0) is 24.3 Å². The molecule has 3 aromatic rings. The first-order valence-corrected chi connectivity index (χ1v) is 7.27. The fourth-order valence-electron chi connectivity index (χ4n) is 2.32. The van der Waals surface area contributed by atoms with Crippen molar-refractivity contribution < 1.29 is 9.84 Å². The third kappa shape index (κ3) is 2.73. The van der Waals surface area contributed by atoms with Gasteiger partial charge in [-0.3, -0.25) is 4.40 Å². The Morgan fingerprint density at radius 1 is 1.27 bits per heavy atom. The van der Waals surface area contributed by atoms with Gasteiger partial charge in [-0.2, -0.15) is 0 Å². The number of nitrogens with zero attached hydrogens (tertiary/aromatic N) is 2. The summed E-state index contributed by atoms with van der Waals surface area (Å²) in [7, 11) is 1.65. The molecule has 0 spiro atoms. The van der Waals surface area contributed by atoms with Crippen molar-refractivity contribution in [3.05, 3.63) is 47.6 Å². The molecular weight excluding hydrogens is 302 g/mol. The number of benzene rings is 1. The van der Waals surface area contributed by atoms with Crippen LogP contribution in [0.2, 0.25) is 5.02 Å². The SMILES string of the molecule is COCCNc1c(-c2ccccc2O)nc2ccc(Cl)cn12. The van der Waals surface area contributed by atoms with E-state index in [0.29, 0.717) is 29.4 Å². The van der Waals surface area contributed by atoms with E-state index in [0.717, 1.165) is 11.5 Å². The largest absolute Gasteiger partial charge is 0.507 e. The Morgan fingerprint density at radius 2 is 2.09 bits per heavy atom. The highest BCUT2D eigenvalue weighted by Gasteiger charge is 2.16. The van der Waals surface area contributed by atoms with E-state index in [1.165, 1.54) is 0 Å². The van der Waals surface area contributed by atoms with E-state index >= 15 is 0 Å². The van der Waals surface area contributed by atoms with E-state index in [1.54, 1.807) is 31.5 Å². The van der Waals surface area contributed by atoms with Crippen LogP contribution < -0.4 is 5.32 Å². The van der Waals surface area contributed by atoms with Gasteiger partial charge < -0.3 is 15.2 Å². The molecule has 0 saturated heterocycles. The molecule has 0 unspecified atom stereocenters. The van der Waals surface area contributed by atoms with Crippen LogP contribution in [-0.4, -0.2) is 34.8 Å². The van der Waals surface area contributed by atoms with Crippen molar-refractivity contribution in [2.75, 3.05) is 25.6 Å². The van der Waals surface area contributed by atoms with Gasteiger partial charge in [0.2, 0.25) is 0 Å². The van der Waals surface area contributed by atoms with Crippen molar-refractivity contribution in [2.45, 2.75) is 0 Å². The van der Waals surface area contributed by atoms with Crippen LogP contribution in [0.5, 0.6) is 5.75 Å². The summed E-state index contributed by atoms with van der Waals surface area (Å²) in [5.74, 6) is 0.961. The van der Waals surface area contributed by atoms with Crippen LogP contribution in [0, 0.1) is 0 Å². The van der Waals surface area contributed by atoms with Crippen LogP contribution in [-0.2, 0) is 4.74 Å². The molecule has 3 rings (SSSR count). The standard InChI is InChI=1S/C16H16ClN3O2/c1-22-9-8-18-16-15(12-4-2-3-5-13(12)21)19-14-7-6-11(17)10-20(14)16/h2-7,10,18,21H,8-9H2,1H3. The van der Waals surface area contributed by atoms with Crippen LogP contribution in [0.4, 0.5) is 5.82 Å². The number of hydrogen-bond acceptors (Lipinski definition) is 4. The van der Waals surface area contributed by atoms with Crippen LogP contribution in [0.15, 0.2) is 42.6 Å². The van der Waals surface area contributed by atoms with Crippen LogP contribution in [0.25, 0.3) is 16.9 Å². The molecule has 0 aliphatic carbocycles. The first-order valence-electron chi connectivity index (χ1n) is 6.89. The number of methoxy groups -OCH3 is 1. The molecule has 0 amide bonds. The molecule has 22 heavy (non-hydrogen) atoms. The van der Waals surface area contributed by atoms with Gasteiger partial charge >= 0.3 is 0 Å². The van der Waals surface area contributed by atoms with Gasteiger partial charge in [0, 0.05) is 25.4 Å². The highest BCUT2D eigenvalue weighted by molar-refractivity contribution is 6.30. The lowest BCUT2D eigenvalue weighted by Crippen LogP contribution is -2.10. The summed E-state index contributed by atoms with van der Waals surface area (Å²) in [4.78, 5) is 4.60. The lowest BCUT2D eigenvalue weighted by Gasteiger charge is -2.09. The second-order valence-corrected chi connectivity index (χ2v) is 5.26. The molecule has 2 N–H and O–H groups in total. The average molecular weight is 318 g/mol. The smallest absolute Gasteiger partial charge is 0.139 e. The predicted molar refractivity (Wildman–Crippen MR) is 87.7 cm³/mol. The number of ether oxygens (including phenoxy) is 1. The average Bonchev–Trinajstić information content (AvgIpc) is 2.86. The number of anilines is 1. The van der Waals surface area contributed by atoms with Gasteiger partial charge in [-0.25, -0.2) is 4.98 Å². The molecule has 0 atom stereocenters. The summed E-state index contributed by atoms with van der Waals surface area (Å²) in [6.07, 6.45) is 1.79. The molecule has 0 aliphatic heterocycles. The summed E-state index contributed by atoms with van der Waals surface area (Å²) >= 11 is 6.09. The fourth-order valence-corrected chi connectivity index (χ4v) is 2.48. The number of rotatable bonds is 5. The molecule has 1 aromatic carbocycles.